The van der Waals surface area contributed by atoms with Crippen molar-refractivity contribution in [3.8, 4) is 11.1 Å². The van der Waals surface area contributed by atoms with E-state index in [-0.39, 0.29) is 5.56 Å². The van der Waals surface area contributed by atoms with Gasteiger partial charge in [0.1, 0.15) is 5.82 Å². The minimum Gasteiger partial charge on any atom is -0.465 e. The average molecular weight is 231 g/mol. The summed E-state index contributed by atoms with van der Waals surface area (Å²) in [6.45, 7) is 0. The molecule has 0 unspecified atom stereocenters. The van der Waals surface area contributed by atoms with Crippen LogP contribution >= 0.6 is 0 Å². The van der Waals surface area contributed by atoms with Gasteiger partial charge in [-0.2, -0.15) is 0 Å². The molecule has 0 saturated heterocycles. The number of pyridine rings is 1. The summed E-state index contributed by atoms with van der Waals surface area (Å²) in [6, 6.07) is 8.03. The van der Waals surface area contributed by atoms with Crippen molar-refractivity contribution in [3.05, 3.63) is 54.1 Å². The molecule has 0 radical (unpaired) electrons. The first-order chi connectivity index (χ1) is 8.24. The van der Waals surface area contributed by atoms with E-state index in [1.807, 2.05) is 0 Å². The van der Waals surface area contributed by atoms with Crippen LogP contribution in [0.25, 0.3) is 11.1 Å². The second-order valence-electron chi connectivity index (χ2n) is 3.40. The number of esters is 1. The maximum absolute atomic E-state index is 14.1. The molecule has 2 rings (SSSR count). The molecule has 4 heteroatoms. The van der Waals surface area contributed by atoms with E-state index in [4.69, 9.17) is 0 Å². The summed E-state index contributed by atoms with van der Waals surface area (Å²) in [5, 5.41) is 0. The van der Waals surface area contributed by atoms with Gasteiger partial charge in [0.05, 0.1) is 12.7 Å². The Balaban J connectivity index is 2.54. The fourth-order valence-corrected chi connectivity index (χ4v) is 1.54. The maximum atomic E-state index is 14.1. The third kappa shape index (κ3) is 2.15. The minimum absolute atomic E-state index is 0.0751. The van der Waals surface area contributed by atoms with Crippen molar-refractivity contribution in [1.29, 1.82) is 0 Å². The standard InChI is InChI=1S/C13H10FNO2/c1-17-13(16)11-6-2-5-10(12(11)14)9-4-3-7-15-8-9/h2-8H,1H3. The van der Waals surface area contributed by atoms with Gasteiger partial charge in [-0.15, -0.1) is 0 Å². The number of halogens is 1. The van der Waals surface area contributed by atoms with Crippen molar-refractivity contribution in [2.24, 2.45) is 0 Å². The van der Waals surface area contributed by atoms with Crippen LogP contribution in [0.4, 0.5) is 4.39 Å². The topological polar surface area (TPSA) is 39.2 Å². The minimum atomic E-state index is -0.687. The summed E-state index contributed by atoms with van der Waals surface area (Å²) in [6.07, 6.45) is 3.14. The summed E-state index contributed by atoms with van der Waals surface area (Å²) >= 11 is 0. The van der Waals surface area contributed by atoms with Crippen molar-refractivity contribution in [2.45, 2.75) is 0 Å². The van der Waals surface area contributed by atoms with Gasteiger partial charge < -0.3 is 4.74 Å². The number of benzene rings is 1. The molecular weight excluding hydrogens is 221 g/mol. The molecule has 0 atom stereocenters. The zero-order chi connectivity index (χ0) is 12.3. The van der Waals surface area contributed by atoms with Crippen LogP contribution in [-0.4, -0.2) is 18.1 Å². The quantitative estimate of drug-likeness (QED) is 0.746. The largest absolute Gasteiger partial charge is 0.465 e. The Labute approximate surface area is 97.9 Å². The van der Waals surface area contributed by atoms with Crippen LogP contribution in [-0.2, 0) is 4.74 Å². The van der Waals surface area contributed by atoms with E-state index in [0.29, 0.717) is 11.1 Å². The number of carbonyl (C=O) groups is 1. The smallest absolute Gasteiger partial charge is 0.340 e. The Hall–Kier alpha value is -2.23. The molecule has 0 N–H and O–H groups in total. The molecule has 17 heavy (non-hydrogen) atoms. The Morgan fingerprint density at radius 1 is 1.29 bits per heavy atom. The summed E-state index contributed by atoms with van der Waals surface area (Å²) < 4.78 is 18.6. The van der Waals surface area contributed by atoms with Crippen molar-refractivity contribution in [1.82, 2.24) is 4.98 Å². The van der Waals surface area contributed by atoms with Crippen LogP contribution in [0.3, 0.4) is 0 Å². The van der Waals surface area contributed by atoms with E-state index in [9.17, 15) is 9.18 Å². The average Bonchev–Trinajstić information content (AvgIpc) is 2.39. The van der Waals surface area contributed by atoms with Crippen LogP contribution in [0, 0.1) is 5.82 Å². The van der Waals surface area contributed by atoms with Gasteiger partial charge >= 0.3 is 5.97 Å². The van der Waals surface area contributed by atoms with Gasteiger partial charge in [0, 0.05) is 23.5 Å². The van der Waals surface area contributed by atoms with Crippen LogP contribution < -0.4 is 0 Å². The van der Waals surface area contributed by atoms with E-state index in [2.05, 4.69) is 9.72 Å². The van der Waals surface area contributed by atoms with Crippen LogP contribution in [0.5, 0.6) is 0 Å². The predicted octanol–water partition coefficient (Wildman–Crippen LogP) is 2.67. The van der Waals surface area contributed by atoms with Crippen molar-refractivity contribution in [3.63, 3.8) is 0 Å². The van der Waals surface area contributed by atoms with Gasteiger partial charge in [0.2, 0.25) is 0 Å². The molecule has 86 valence electrons. The van der Waals surface area contributed by atoms with Gasteiger partial charge in [0.15, 0.2) is 0 Å². The number of aromatic nitrogens is 1. The van der Waals surface area contributed by atoms with Crippen LogP contribution in [0.2, 0.25) is 0 Å². The molecule has 1 aromatic heterocycles. The van der Waals surface area contributed by atoms with Gasteiger partial charge in [-0.05, 0) is 12.1 Å². The highest BCUT2D eigenvalue weighted by Gasteiger charge is 2.15. The highest BCUT2D eigenvalue weighted by molar-refractivity contribution is 5.91. The monoisotopic (exact) mass is 231 g/mol. The number of ether oxygens (including phenoxy) is 1. The fraction of sp³-hybridized carbons (Fsp3) is 0.0769. The SMILES string of the molecule is COC(=O)c1cccc(-c2cccnc2)c1F. The Kier molecular flexibility index (Phi) is 3.14. The molecule has 0 aliphatic rings. The normalized spacial score (nSPS) is 10.0. The molecule has 0 fully saturated rings. The number of nitrogens with zero attached hydrogens (tertiary/aromatic N) is 1. The molecule has 2 aromatic rings. The summed E-state index contributed by atoms with van der Waals surface area (Å²) in [5.41, 5.74) is 0.880. The summed E-state index contributed by atoms with van der Waals surface area (Å²) in [5.74, 6) is -1.28. The zero-order valence-electron chi connectivity index (χ0n) is 9.18. The van der Waals surface area contributed by atoms with E-state index < -0.39 is 11.8 Å². The van der Waals surface area contributed by atoms with Crippen molar-refractivity contribution in [2.75, 3.05) is 7.11 Å². The lowest BCUT2D eigenvalue weighted by Crippen LogP contribution is -2.05. The molecule has 0 amide bonds. The molecule has 0 bridgehead atoms. The Bertz CT molecular complexity index is 540. The van der Waals surface area contributed by atoms with Crippen LogP contribution in [0.1, 0.15) is 10.4 Å². The molecular formula is C13H10FNO2. The highest BCUT2D eigenvalue weighted by atomic mass is 19.1. The number of hydrogen-bond donors (Lipinski definition) is 0. The summed E-state index contributed by atoms with van der Waals surface area (Å²) in [7, 11) is 1.22. The second kappa shape index (κ2) is 4.74. The lowest BCUT2D eigenvalue weighted by atomic mass is 10.0. The molecule has 0 saturated carbocycles. The van der Waals surface area contributed by atoms with Gasteiger partial charge in [-0.3, -0.25) is 4.98 Å². The van der Waals surface area contributed by atoms with E-state index in [1.54, 1.807) is 36.7 Å². The molecule has 0 spiro atoms. The van der Waals surface area contributed by atoms with Crippen molar-refractivity contribution < 1.29 is 13.9 Å². The highest BCUT2D eigenvalue weighted by Crippen LogP contribution is 2.24. The van der Waals surface area contributed by atoms with Crippen molar-refractivity contribution >= 4 is 5.97 Å². The van der Waals surface area contributed by atoms with Crippen LogP contribution in [0.15, 0.2) is 42.7 Å². The van der Waals surface area contributed by atoms with Gasteiger partial charge in [-0.1, -0.05) is 18.2 Å². The first-order valence-electron chi connectivity index (χ1n) is 5.01. The lowest BCUT2D eigenvalue weighted by Gasteiger charge is -2.06. The van der Waals surface area contributed by atoms with E-state index in [0.717, 1.165) is 0 Å². The molecule has 1 aromatic carbocycles. The molecule has 0 aliphatic carbocycles. The maximum Gasteiger partial charge on any atom is 0.340 e. The van der Waals surface area contributed by atoms with E-state index in [1.165, 1.54) is 13.2 Å². The molecule has 1 heterocycles. The first-order valence-corrected chi connectivity index (χ1v) is 5.01. The number of hydrogen-bond acceptors (Lipinski definition) is 3. The second-order valence-corrected chi connectivity index (χ2v) is 3.40. The Morgan fingerprint density at radius 3 is 2.76 bits per heavy atom. The Morgan fingerprint density at radius 2 is 2.12 bits per heavy atom. The third-order valence-corrected chi connectivity index (χ3v) is 2.38. The van der Waals surface area contributed by atoms with Gasteiger partial charge in [0.25, 0.3) is 0 Å². The number of methoxy groups -OCH3 is 1. The molecule has 3 nitrogen and oxygen atoms in total. The zero-order valence-corrected chi connectivity index (χ0v) is 9.18. The third-order valence-electron chi connectivity index (χ3n) is 2.38. The number of rotatable bonds is 2. The predicted molar refractivity (Wildman–Crippen MR) is 61.0 cm³/mol. The number of carbonyl (C=O) groups excluding carboxylic acids is 1. The first kappa shape index (κ1) is 11.3. The van der Waals surface area contributed by atoms with Gasteiger partial charge in [-0.25, -0.2) is 9.18 Å². The molecule has 0 aliphatic heterocycles. The van der Waals surface area contributed by atoms with E-state index >= 15 is 0 Å². The summed E-state index contributed by atoms with van der Waals surface area (Å²) in [4.78, 5) is 15.3. The lowest BCUT2D eigenvalue weighted by molar-refractivity contribution is 0.0595. The fourth-order valence-electron chi connectivity index (χ4n) is 1.54.